The molecule has 1 aromatic rings. The van der Waals surface area contributed by atoms with E-state index < -0.39 is 0 Å². The lowest BCUT2D eigenvalue weighted by molar-refractivity contribution is -0.144. The van der Waals surface area contributed by atoms with Gasteiger partial charge >= 0.3 is 5.97 Å². The number of rotatable bonds is 5. The lowest BCUT2D eigenvalue weighted by Crippen LogP contribution is -2.13. The summed E-state index contributed by atoms with van der Waals surface area (Å²) in [5, 5.41) is 4.07. The van der Waals surface area contributed by atoms with Crippen molar-refractivity contribution in [2.75, 3.05) is 6.61 Å². The summed E-state index contributed by atoms with van der Waals surface area (Å²) < 4.78 is 6.43. The zero-order valence-electron chi connectivity index (χ0n) is 8.69. The van der Waals surface area contributed by atoms with Crippen LogP contribution in [0.4, 0.5) is 0 Å². The Bertz CT molecular complexity index is 294. The largest absolute Gasteiger partial charge is 0.465 e. The van der Waals surface area contributed by atoms with E-state index in [0.29, 0.717) is 6.61 Å². The average Bonchev–Trinajstić information content (AvgIpc) is 2.53. The van der Waals surface area contributed by atoms with Crippen LogP contribution < -0.4 is 0 Å². The molecule has 1 heterocycles. The maximum Gasteiger partial charge on any atom is 0.327 e. The second kappa shape index (κ2) is 5.42. The predicted molar refractivity (Wildman–Crippen MR) is 52.9 cm³/mol. The minimum atomic E-state index is -0.237. The molecule has 0 aromatic carbocycles. The Kier molecular flexibility index (Phi) is 4.16. The van der Waals surface area contributed by atoms with E-state index >= 15 is 0 Å². The van der Waals surface area contributed by atoms with Gasteiger partial charge in [0.1, 0.15) is 6.54 Å². The standard InChI is InChI=1S/C10H16N2O2/c1-3-5-9-6-11-12(7-9)8-10(13)14-4-2/h6-7H,3-5,8H2,1-2H3. The van der Waals surface area contributed by atoms with E-state index in [2.05, 4.69) is 12.0 Å². The third-order valence-corrected chi connectivity index (χ3v) is 1.82. The maximum atomic E-state index is 11.1. The highest BCUT2D eigenvalue weighted by molar-refractivity contribution is 5.68. The summed E-state index contributed by atoms with van der Waals surface area (Å²) in [6.07, 6.45) is 5.77. The van der Waals surface area contributed by atoms with Crippen LogP contribution in [0.3, 0.4) is 0 Å². The summed E-state index contributed by atoms with van der Waals surface area (Å²) in [5.74, 6) is -0.237. The molecule has 0 spiro atoms. The van der Waals surface area contributed by atoms with Gasteiger partial charge in [0.2, 0.25) is 0 Å². The van der Waals surface area contributed by atoms with Crippen molar-refractivity contribution >= 4 is 5.97 Å². The molecule has 0 saturated heterocycles. The van der Waals surface area contributed by atoms with Gasteiger partial charge in [-0.1, -0.05) is 13.3 Å². The fourth-order valence-electron chi connectivity index (χ4n) is 1.25. The van der Waals surface area contributed by atoms with Gasteiger partial charge in [-0.25, -0.2) is 0 Å². The lowest BCUT2D eigenvalue weighted by Gasteiger charge is -2.00. The van der Waals surface area contributed by atoms with Crippen LogP contribution in [-0.2, 0) is 22.5 Å². The molecule has 1 aromatic heterocycles. The zero-order chi connectivity index (χ0) is 10.4. The van der Waals surface area contributed by atoms with E-state index in [1.54, 1.807) is 17.8 Å². The molecule has 0 fully saturated rings. The van der Waals surface area contributed by atoms with Crippen LogP contribution in [0.25, 0.3) is 0 Å². The number of aryl methyl sites for hydroxylation is 1. The van der Waals surface area contributed by atoms with E-state index in [4.69, 9.17) is 4.74 Å². The van der Waals surface area contributed by atoms with Gasteiger partial charge in [0.25, 0.3) is 0 Å². The van der Waals surface area contributed by atoms with Crippen LogP contribution in [0.15, 0.2) is 12.4 Å². The van der Waals surface area contributed by atoms with Gasteiger partial charge in [-0.2, -0.15) is 5.10 Å². The number of nitrogens with zero attached hydrogens (tertiary/aromatic N) is 2. The van der Waals surface area contributed by atoms with Crippen LogP contribution in [0.2, 0.25) is 0 Å². The number of carbonyl (C=O) groups is 1. The topological polar surface area (TPSA) is 44.1 Å². The number of esters is 1. The highest BCUT2D eigenvalue weighted by Crippen LogP contribution is 2.01. The number of hydrogen-bond acceptors (Lipinski definition) is 3. The molecule has 0 aliphatic rings. The van der Waals surface area contributed by atoms with Crippen molar-refractivity contribution in [1.29, 1.82) is 0 Å². The molecule has 4 heteroatoms. The predicted octanol–water partition coefficient (Wildman–Crippen LogP) is 1.40. The summed E-state index contributed by atoms with van der Waals surface area (Å²) in [6.45, 7) is 4.53. The Morgan fingerprint density at radius 2 is 2.36 bits per heavy atom. The van der Waals surface area contributed by atoms with E-state index in [9.17, 15) is 4.79 Å². The van der Waals surface area contributed by atoms with Gasteiger partial charge in [-0.05, 0) is 18.9 Å². The Morgan fingerprint density at radius 3 is 3.00 bits per heavy atom. The Morgan fingerprint density at radius 1 is 1.57 bits per heavy atom. The van der Waals surface area contributed by atoms with Crippen molar-refractivity contribution in [3.63, 3.8) is 0 Å². The first kappa shape index (κ1) is 10.8. The second-order valence-electron chi connectivity index (χ2n) is 3.10. The Labute approximate surface area is 83.9 Å². The van der Waals surface area contributed by atoms with Gasteiger partial charge in [-0.3, -0.25) is 9.48 Å². The minimum absolute atomic E-state index is 0.206. The maximum absolute atomic E-state index is 11.1. The fourth-order valence-corrected chi connectivity index (χ4v) is 1.25. The highest BCUT2D eigenvalue weighted by atomic mass is 16.5. The van der Waals surface area contributed by atoms with Crippen molar-refractivity contribution in [1.82, 2.24) is 9.78 Å². The summed E-state index contributed by atoms with van der Waals surface area (Å²) in [5.41, 5.74) is 1.16. The van der Waals surface area contributed by atoms with Gasteiger partial charge in [0.15, 0.2) is 0 Å². The normalized spacial score (nSPS) is 10.1. The number of carbonyl (C=O) groups excluding carboxylic acids is 1. The molecule has 0 unspecified atom stereocenters. The fraction of sp³-hybridized carbons (Fsp3) is 0.600. The van der Waals surface area contributed by atoms with E-state index in [0.717, 1.165) is 18.4 Å². The molecule has 4 nitrogen and oxygen atoms in total. The first-order valence-corrected chi connectivity index (χ1v) is 4.93. The minimum Gasteiger partial charge on any atom is -0.465 e. The molecule has 0 aliphatic carbocycles. The zero-order valence-corrected chi connectivity index (χ0v) is 8.69. The molecule has 0 saturated carbocycles. The molecular weight excluding hydrogens is 180 g/mol. The van der Waals surface area contributed by atoms with Crippen LogP contribution in [-0.4, -0.2) is 22.4 Å². The smallest absolute Gasteiger partial charge is 0.327 e. The Hall–Kier alpha value is -1.32. The second-order valence-corrected chi connectivity index (χ2v) is 3.10. The van der Waals surface area contributed by atoms with Crippen LogP contribution >= 0.6 is 0 Å². The third-order valence-electron chi connectivity index (χ3n) is 1.82. The average molecular weight is 196 g/mol. The van der Waals surface area contributed by atoms with Crippen molar-refractivity contribution < 1.29 is 9.53 Å². The SMILES string of the molecule is CCCc1cnn(CC(=O)OCC)c1. The molecule has 1 rings (SSSR count). The van der Waals surface area contributed by atoms with Crippen LogP contribution in [0.5, 0.6) is 0 Å². The molecule has 0 aliphatic heterocycles. The number of aromatic nitrogens is 2. The highest BCUT2D eigenvalue weighted by Gasteiger charge is 2.04. The Balaban J connectivity index is 2.46. The summed E-state index contributed by atoms with van der Waals surface area (Å²) >= 11 is 0. The molecule has 0 amide bonds. The summed E-state index contributed by atoms with van der Waals surface area (Å²) in [6, 6.07) is 0. The number of ether oxygens (including phenoxy) is 1. The van der Waals surface area contributed by atoms with E-state index in [1.165, 1.54) is 0 Å². The van der Waals surface area contributed by atoms with Crippen molar-refractivity contribution in [2.24, 2.45) is 0 Å². The lowest BCUT2D eigenvalue weighted by atomic mass is 10.2. The van der Waals surface area contributed by atoms with Crippen LogP contribution in [0, 0.1) is 0 Å². The summed E-state index contributed by atoms with van der Waals surface area (Å²) in [7, 11) is 0. The molecule has 0 radical (unpaired) electrons. The van der Waals surface area contributed by atoms with Gasteiger partial charge in [-0.15, -0.1) is 0 Å². The first-order valence-electron chi connectivity index (χ1n) is 4.93. The van der Waals surface area contributed by atoms with E-state index in [-0.39, 0.29) is 12.5 Å². The third kappa shape index (κ3) is 3.20. The van der Waals surface area contributed by atoms with Crippen molar-refractivity contribution in [2.45, 2.75) is 33.2 Å². The van der Waals surface area contributed by atoms with Gasteiger partial charge in [0, 0.05) is 6.20 Å². The van der Waals surface area contributed by atoms with Gasteiger partial charge in [0.05, 0.1) is 12.8 Å². The molecule has 14 heavy (non-hydrogen) atoms. The first-order chi connectivity index (χ1) is 6.76. The molecule has 0 atom stereocenters. The van der Waals surface area contributed by atoms with E-state index in [1.807, 2.05) is 6.20 Å². The monoisotopic (exact) mass is 196 g/mol. The quantitative estimate of drug-likeness (QED) is 0.668. The van der Waals surface area contributed by atoms with Crippen molar-refractivity contribution in [3.05, 3.63) is 18.0 Å². The summed E-state index contributed by atoms with van der Waals surface area (Å²) in [4.78, 5) is 11.1. The number of hydrogen-bond donors (Lipinski definition) is 0. The molecule has 0 bridgehead atoms. The van der Waals surface area contributed by atoms with Crippen LogP contribution in [0.1, 0.15) is 25.8 Å². The molecular formula is C10H16N2O2. The van der Waals surface area contributed by atoms with Crippen molar-refractivity contribution in [3.8, 4) is 0 Å². The van der Waals surface area contributed by atoms with Gasteiger partial charge < -0.3 is 4.74 Å². The molecule has 0 N–H and O–H groups in total. The molecule has 78 valence electrons.